The highest BCUT2D eigenvalue weighted by molar-refractivity contribution is 7.85. The average Bonchev–Trinajstić information content (AvgIpc) is 3.23. The molecule has 0 spiro atoms. The van der Waals surface area contributed by atoms with Gasteiger partial charge in [-0.25, -0.2) is 9.89 Å². The summed E-state index contributed by atoms with van der Waals surface area (Å²) in [6, 6.07) is 9.37. The van der Waals surface area contributed by atoms with Crippen LogP contribution in [0.2, 0.25) is 0 Å². The molecular weight excluding hydrogens is 330 g/mol. The van der Waals surface area contributed by atoms with E-state index in [-0.39, 0.29) is 16.7 Å². The minimum atomic E-state index is -1.59. The molecule has 0 aliphatic rings. The average molecular weight is 347 g/mol. The van der Waals surface area contributed by atoms with Crippen LogP contribution in [0, 0.1) is 0 Å². The van der Waals surface area contributed by atoms with Crippen molar-refractivity contribution in [2.45, 2.75) is 37.2 Å². The molecule has 0 saturated heterocycles. The molecule has 8 nitrogen and oxygen atoms in total. The fourth-order valence-corrected chi connectivity index (χ4v) is 3.35. The standard InChI is InChI=1S/C15H17N5O3S/c1-3-9-20-14(21)17-18-15(20)24(22)10(2)13-16-12(19-23-13)11-7-5-4-6-8-11/h4-8,10H,3,9H2,1-2H3,(H,17,21)/t10-,24+/m1/s1. The Labute approximate surface area is 140 Å². The first-order valence-corrected chi connectivity index (χ1v) is 8.78. The van der Waals surface area contributed by atoms with Crippen LogP contribution in [0.25, 0.3) is 11.4 Å². The van der Waals surface area contributed by atoms with Crippen LogP contribution in [0.5, 0.6) is 0 Å². The van der Waals surface area contributed by atoms with Gasteiger partial charge in [-0.1, -0.05) is 42.4 Å². The summed E-state index contributed by atoms with van der Waals surface area (Å²) in [5.41, 5.74) is 0.441. The van der Waals surface area contributed by atoms with E-state index in [0.29, 0.717) is 12.4 Å². The van der Waals surface area contributed by atoms with E-state index in [0.717, 1.165) is 12.0 Å². The topological polar surface area (TPSA) is 107 Å². The minimum absolute atomic E-state index is 0.189. The molecular formula is C15H17N5O3S. The number of rotatable bonds is 6. The smallest absolute Gasteiger partial charge is 0.338 e. The molecule has 0 fully saturated rings. The van der Waals surface area contributed by atoms with Gasteiger partial charge in [0.05, 0.1) is 0 Å². The third-order valence-corrected chi connectivity index (χ3v) is 5.01. The molecule has 1 aromatic carbocycles. The SMILES string of the molecule is CCCn1c([S@@](=O)[C@H](C)c2nc(-c3ccccc3)no2)n[nH]c1=O. The highest BCUT2D eigenvalue weighted by Gasteiger charge is 2.26. The van der Waals surface area contributed by atoms with Gasteiger partial charge in [0, 0.05) is 12.1 Å². The van der Waals surface area contributed by atoms with Crippen LogP contribution in [-0.4, -0.2) is 29.1 Å². The number of hydrogen-bond donors (Lipinski definition) is 1. The van der Waals surface area contributed by atoms with Crippen LogP contribution < -0.4 is 5.69 Å². The van der Waals surface area contributed by atoms with Gasteiger partial charge in [0.2, 0.25) is 16.9 Å². The van der Waals surface area contributed by atoms with E-state index >= 15 is 0 Å². The maximum atomic E-state index is 12.7. The molecule has 0 aliphatic heterocycles. The lowest BCUT2D eigenvalue weighted by Crippen LogP contribution is -2.20. The Bertz CT molecular complexity index is 899. The number of H-pyrrole nitrogens is 1. The minimum Gasteiger partial charge on any atom is -0.338 e. The van der Waals surface area contributed by atoms with Gasteiger partial charge in [-0.05, 0) is 13.3 Å². The molecule has 0 unspecified atom stereocenters. The van der Waals surface area contributed by atoms with Gasteiger partial charge in [-0.3, -0.25) is 8.78 Å². The van der Waals surface area contributed by atoms with Crippen molar-refractivity contribution in [3.8, 4) is 11.4 Å². The van der Waals surface area contributed by atoms with Crippen molar-refractivity contribution in [3.63, 3.8) is 0 Å². The summed E-state index contributed by atoms with van der Waals surface area (Å²) in [5, 5.41) is 9.76. The molecule has 0 bridgehead atoms. The number of aromatic nitrogens is 5. The van der Waals surface area contributed by atoms with Crippen LogP contribution in [0.1, 0.15) is 31.4 Å². The molecule has 2 heterocycles. The van der Waals surface area contributed by atoms with Gasteiger partial charge < -0.3 is 4.52 Å². The Morgan fingerprint density at radius 1 is 1.33 bits per heavy atom. The van der Waals surface area contributed by atoms with Crippen molar-refractivity contribution in [3.05, 3.63) is 46.7 Å². The van der Waals surface area contributed by atoms with Gasteiger partial charge in [0.1, 0.15) is 16.0 Å². The Morgan fingerprint density at radius 2 is 2.08 bits per heavy atom. The quantitative estimate of drug-likeness (QED) is 0.730. The Hall–Kier alpha value is -2.55. The number of hydrogen-bond acceptors (Lipinski definition) is 6. The van der Waals surface area contributed by atoms with Crippen LogP contribution in [0.4, 0.5) is 0 Å². The number of nitrogens with one attached hydrogen (secondary N) is 1. The third kappa shape index (κ3) is 3.07. The van der Waals surface area contributed by atoms with Crippen LogP contribution in [0.3, 0.4) is 0 Å². The molecule has 3 aromatic rings. The molecule has 0 amide bonds. The maximum Gasteiger partial charge on any atom is 0.344 e. The lowest BCUT2D eigenvalue weighted by molar-refractivity contribution is 0.379. The summed E-state index contributed by atoms with van der Waals surface area (Å²) in [4.78, 5) is 16.1. The third-order valence-electron chi connectivity index (χ3n) is 3.49. The molecule has 2 atom stereocenters. The zero-order chi connectivity index (χ0) is 17.1. The second-order valence-corrected chi connectivity index (χ2v) is 6.89. The fourth-order valence-electron chi connectivity index (χ4n) is 2.23. The predicted octanol–water partition coefficient (Wildman–Crippen LogP) is 1.90. The van der Waals surface area contributed by atoms with Gasteiger partial charge in [-0.15, -0.1) is 5.10 Å². The Morgan fingerprint density at radius 3 is 2.79 bits per heavy atom. The molecule has 3 rings (SSSR count). The zero-order valence-corrected chi connectivity index (χ0v) is 14.1. The molecule has 24 heavy (non-hydrogen) atoms. The van der Waals surface area contributed by atoms with Crippen molar-refractivity contribution >= 4 is 10.8 Å². The van der Waals surface area contributed by atoms with E-state index < -0.39 is 16.0 Å². The predicted molar refractivity (Wildman–Crippen MR) is 87.7 cm³/mol. The Balaban J connectivity index is 1.87. The summed E-state index contributed by atoms with van der Waals surface area (Å²) in [7, 11) is -1.59. The van der Waals surface area contributed by atoms with E-state index in [1.165, 1.54) is 4.57 Å². The summed E-state index contributed by atoms with van der Waals surface area (Å²) in [6.07, 6.45) is 0.733. The highest BCUT2D eigenvalue weighted by atomic mass is 32.2. The molecule has 1 N–H and O–H groups in total. The summed E-state index contributed by atoms with van der Waals surface area (Å²) in [6.45, 7) is 4.08. The molecule has 126 valence electrons. The fraction of sp³-hybridized carbons (Fsp3) is 0.333. The summed E-state index contributed by atoms with van der Waals surface area (Å²) >= 11 is 0. The van der Waals surface area contributed by atoms with Crippen molar-refractivity contribution in [2.24, 2.45) is 0 Å². The monoisotopic (exact) mass is 347 g/mol. The van der Waals surface area contributed by atoms with Gasteiger partial charge in [-0.2, -0.15) is 4.98 Å². The van der Waals surface area contributed by atoms with Gasteiger partial charge in [0.15, 0.2) is 0 Å². The van der Waals surface area contributed by atoms with Crippen LogP contribution >= 0.6 is 0 Å². The van der Waals surface area contributed by atoms with Crippen LogP contribution in [-0.2, 0) is 17.3 Å². The van der Waals surface area contributed by atoms with Crippen LogP contribution in [0.15, 0.2) is 44.8 Å². The Kier molecular flexibility index (Phi) is 4.70. The lowest BCUT2D eigenvalue weighted by Gasteiger charge is -2.07. The summed E-state index contributed by atoms with van der Waals surface area (Å²) < 4.78 is 19.4. The van der Waals surface area contributed by atoms with Crippen molar-refractivity contribution in [2.75, 3.05) is 0 Å². The first-order chi connectivity index (χ1) is 11.6. The first-order valence-electron chi connectivity index (χ1n) is 7.56. The largest absolute Gasteiger partial charge is 0.344 e. The van der Waals surface area contributed by atoms with E-state index in [9.17, 15) is 9.00 Å². The van der Waals surface area contributed by atoms with Crippen molar-refractivity contribution < 1.29 is 8.73 Å². The molecule has 0 saturated carbocycles. The molecule has 2 aromatic heterocycles. The number of aromatic amines is 1. The second kappa shape index (κ2) is 6.91. The summed E-state index contributed by atoms with van der Waals surface area (Å²) in [5.74, 6) is 0.674. The van der Waals surface area contributed by atoms with E-state index in [1.54, 1.807) is 6.92 Å². The van der Waals surface area contributed by atoms with E-state index in [1.807, 2.05) is 37.3 Å². The van der Waals surface area contributed by atoms with Crippen molar-refractivity contribution in [1.82, 2.24) is 24.9 Å². The second-order valence-electron chi connectivity index (χ2n) is 5.22. The normalized spacial score (nSPS) is 13.8. The number of nitrogens with zero attached hydrogens (tertiary/aromatic N) is 4. The first kappa shape index (κ1) is 16.3. The molecule has 0 aliphatic carbocycles. The molecule has 0 radical (unpaired) electrons. The lowest BCUT2D eigenvalue weighted by atomic mass is 10.2. The zero-order valence-electron chi connectivity index (χ0n) is 13.3. The van der Waals surface area contributed by atoms with Gasteiger partial charge in [0.25, 0.3) is 0 Å². The van der Waals surface area contributed by atoms with Gasteiger partial charge >= 0.3 is 5.69 Å². The molecule has 9 heteroatoms. The van der Waals surface area contributed by atoms with E-state index in [4.69, 9.17) is 4.52 Å². The highest BCUT2D eigenvalue weighted by Crippen LogP contribution is 2.24. The van der Waals surface area contributed by atoms with E-state index in [2.05, 4.69) is 20.3 Å². The maximum absolute atomic E-state index is 12.7. The number of benzene rings is 1. The van der Waals surface area contributed by atoms with Crippen molar-refractivity contribution in [1.29, 1.82) is 0 Å².